The highest BCUT2D eigenvalue weighted by Gasteiger charge is 2.45. The molecular weight excluding hydrogens is 260 g/mol. The number of fused-ring (bicyclic) bond motifs is 2. The molecule has 2 rings (SSSR count). The van der Waals surface area contributed by atoms with Crippen molar-refractivity contribution in [2.24, 2.45) is 11.8 Å². The van der Waals surface area contributed by atoms with Gasteiger partial charge in [0.2, 0.25) is 0 Å². The second-order valence-corrected chi connectivity index (χ2v) is 9.20. The maximum absolute atomic E-state index is 12.2. The molecule has 2 fully saturated rings. The molecule has 0 spiro atoms. The average molecular weight is 286 g/mol. The predicted octanol–water partition coefficient (Wildman–Crippen LogP) is 3.13. The first-order valence-corrected chi connectivity index (χ1v) is 9.27. The lowest BCUT2D eigenvalue weighted by Crippen LogP contribution is -2.45. The number of rotatable bonds is 5. The van der Waals surface area contributed by atoms with Gasteiger partial charge in [-0.15, -0.1) is 0 Å². The standard InChI is InChI=1S/C15H26O3S/c1-11(2)5-3-8-15(16)12-9-13-6-4-7-14(10-12)19(13,17)18/h11-14H,3-10H2,1-2H3. The zero-order valence-electron chi connectivity index (χ0n) is 12.1. The van der Waals surface area contributed by atoms with Crippen LogP contribution in [-0.2, 0) is 14.6 Å². The van der Waals surface area contributed by atoms with Gasteiger partial charge in [0, 0.05) is 12.3 Å². The van der Waals surface area contributed by atoms with Gasteiger partial charge >= 0.3 is 0 Å². The van der Waals surface area contributed by atoms with Gasteiger partial charge in [0.1, 0.15) is 5.78 Å². The molecule has 0 aromatic carbocycles. The average Bonchev–Trinajstić information content (AvgIpc) is 2.26. The molecule has 0 amide bonds. The minimum absolute atomic E-state index is 0.0194. The molecule has 0 aliphatic carbocycles. The number of Topliss-reactive ketones (excluding diaryl/α,β-unsaturated/α-hetero) is 1. The van der Waals surface area contributed by atoms with Crippen LogP contribution in [0.15, 0.2) is 0 Å². The van der Waals surface area contributed by atoms with Gasteiger partial charge in [-0.3, -0.25) is 4.79 Å². The molecule has 19 heavy (non-hydrogen) atoms. The second-order valence-electron chi connectivity index (χ2n) is 6.68. The fourth-order valence-electron chi connectivity index (χ4n) is 3.56. The summed E-state index contributed by atoms with van der Waals surface area (Å²) in [5, 5.41) is -0.446. The number of sulfone groups is 1. The third kappa shape index (κ3) is 3.39. The van der Waals surface area contributed by atoms with E-state index in [-0.39, 0.29) is 16.4 Å². The van der Waals surface area contributed by atoms with Crippen LogP contribution in [0, 0.1) is 11.8 Å². The van der Waals surface area contributed by atoms with Crippen molar-refractivity contribution in [2.75, 3.05) is 0 Å². The lowest BCUT2D eigenvalue weighted by Gasteiger charge is -2.38. The molecule has 0 aromatic heterocycles. The van der Waals surface area contributed by atoms with E-state index in [0.717, 1.165) is 32.1 Å². The van der Waals surface area contributed by atoms with Gasteiger partial charge in [0.15, 0.2) is 9.84 Å². The van der Waals surface area contributed by atoms with Gasteiger partial charge in [0.05, 0.1) is 10.5 Å². The lowest BCUT2D eigenvalue weighted by atomic mass is 9.85. The Morgan fingerprint density at radius 1 is 1.16 bits per heavy atom. The van der Waals surface area contributed by atoms with Gasteiger partial charge in [-0.25, -0.2) is 8.42 Å². The van der Waals surface area contributed by atoms with Crippen LogP contribution in [0.2, 0.25) is 0 Å². The zero-order chi connectivity index (χ0) is 14.0. The van der Waals surface area contributed by atoms with Crippen LogP contribution < -0.4 is 0 Å². The van der Waals surface area contributed by atoms with Crippen molar-refractivity contribution in [3.8, 4) is 0 Å². The molecule has 2 unspecified atom stereocenters. The first-order valence-electron chi connectivity index (χ1n) is 7.66. The maximum atomic E-state index is 12.2. The third-order valence-electron chi connectivity index (χ3n) is 4.74. The molecule has 2 aliphatic rings. The highest BCUT2D eigenvalue weighted by Crippen LogP contribution is 2.40. The van der Waals surface area contributed by atoms with Gasteiger partial charge in [-0.1, -0.05) is 26.7 Å². The van der Waals surface area contributed by atoms with Crippen LogP contribution in [-0.4, -0.2) is 24.7 Å². The summed E-state index contributed by atoms with van der Waals surface area (Å²) in [5.74, 6) is 0.970. The first-order chi connectivity index (χ1) is 8.91. The van der Waals surface area contributed by atoms with E-state index >= 15 is 0 Å². The predicted molar refractivity (Wildman–Crippen MR) is 76.8 cm³/mol. The van der Waals surface area contributed by atoms with Crippen LogP contribution in [0.25, 0.3) is 0 Å². The fraction of sp³-hybridized carbons (Fsp3) is 0.933. The summed E-state index contributed by atoms with van der Waals surface area (Å²) in [6.07, 6.45) is 6.44. The van der Waals surface area contributed by atoms with Crippen molar-refractivity contribution in [1.82, 2.24) is 0 Å². The van der Waals surface area contributed by atoms with Crippen molar-refractivity contribution in [3.63, 3.8) is 0 Å². The smallest absolute Gasteiger partial charge is 0.156 e. The van der Waals surface area contributed by atoms with E-state index in [4.69, 9.17) is 0 Å². The van der Waals surface area contributed by atoms with Gasteiger partial charge in [-0.05, 0) is 38.0 Å². The lowest BCUT2D eigenvalue weighted by molar-refractivity contribution is -0.123. The Bertz CT molecular complexity index is 405. The number of carbonyl (C=O) groups is 1. The number of hydrogen-bond donors (Lipinski definition) is 0. The molecule has 0 aromatic rings. The van der Waals surface area contributed by atoms with Crippen molar-refractivity contribution in [2.45, 2.75) is 75.7 Å². The minimum Gasteiger partial charge on any atom is -0.299 e. The van der Waals surface area contributed by atoms with Crippen LogP contribution in [0.1, 0.15) is 65.2 Å². The van der Waals surface area contributed by atoms with Gasteiger partial charge < -0.3 is 0 Å². The van der Waals surface area contributed by atoms with E-state index in [0.29, 0.717) is 31.0 Å². The van der Waals surface area contributed by atoms with Crippen molar-refractivity contribution in [3.05, 3.63) is 0 Å². The van der Waals surface area contributed by atoms with Crippen molar-refractivity contribution >= 4 is 15.6 Å². The van der Waals surface area contributed by atoms with Gasteiger partial charge in [-0.2, -0.15) is 0 Å². The topological polar surface area (TPSA) is 51.2 Å². The Hall–Kier alpha value is -0.380. The molecule has 0 N–H and O–H groups in total. The molecule has 2 saturated heterocycles. The molecule has 2 aliphatic heterocycles. The molecule has 0 radical (unpaired) electrons. The quantitative estimate of drug-likeness (QED) is 0.780. The zero-order valence-corrected chi connectivity index (χ0v) is 12.9. The van der Waals surface area contributed by atoms with Crippen molar-refractivity contribution < 1.29 is 13.2 Å². The molecule has 0 saturated carbocycles. The van der Waals surface area contributed by atoms with Crippen LogP contribution in [0.3, 0.4) is 0 Å². The van der Waals surface area contributed by atoms with E-state index in [1.807, 2.05) is 0 Å². The van der Waals surface area contributed by atoms with E-state index in [1.165, 1.54) is 0 Å². The van der Waals surface area contributed by atoms with Gasteiger partial charge in [0.25, 0.3) is 0 Å². The molecule has 2 bridgehead atoms. The molecule has 4 heteroatoms. The monoisotopic (exact) mass is 286 g/mol. The number of carbonyl (C=O) groups excluding carboxylic acids is 1. The second kappa shape index (κ2) is 5.94. The summed E-state index contributed by atoms with van der Waals surface area (Å²) in [7, 11) is -2.92. The summed E-state index contributed by atoms with van der Waals surface area (Å²) in [5.41, 5.74) is 0. The molecule has 2 heterocycles. The normalized spacial score (nSPS) is 33.3. The highest BCUT2D eigenvalue weighted by atomic mass is 32.2. The number of ketones is 1. The Labute approximate surface area is 117 Å². The highest BCUT2D eigenvalue weighted by molar-refractivity contribution is 7.92. The number of hydrogen-bond acceptors (Lipinski definition) is 3. The summed E-state index contributed by atoms with van der Waals surface area (Å²) in [6, 6.07) is 0. The maximum Gasteiger partial charge on any atom is 0.156 e. The minimum atomic E-state index is -2.92. The Morgan fingerprint density at radius 2 is 1.74 bits per heavy atom. The Morgan fingerprint density at radius 3 is 2.26 bits per heavy atom. The third-order valence-corrected chi connectivity index (χ3v) is 7.45. The summed E-state index contributed by atoms with van der Waals surface area (Å²) < 4.78 is 24.3. The fourth-order valence-corrected chi connectivity index (χ4v) is 6.10. The van der Waals surface area contributed by atoms with E-state index in [1.54, 1.807) is 0 Å². The van der Waals surface area contributed by atoms with E-state index < -0.39 is 9.84 Å². The molecule has 2 atom stereocenters. The Balaban J connectivity index is 1.91. The summed E-state index contributed by atoms with van der Waals surface area (Å²) in [4.78, 5) is 12.2. The van der Waals surface area contributed by atoms with E-state index in [9.17, 15) is 13.2 Å². The molecule has 110 valence electrons. The van der Waals surface area contributed by atoms with Crippen LogP contribution in [0.5, 0.6) is 0 Å². The van der Waals surface area contributed by atoms with E-state index in [2.05, 4.69) is 13.8 Å². The largest absolute Gasteiger partial charge is 0.299 e. The van der Waals surface area contributed by atoms with Crippen molar-refractivity contribution in [1.29, 1.82) is 0 Å². The Kier molecular flexibility index (Phi) is 4.70. The van der Waals surface area contributed by atoms with Crippen LogP contribution >= 0.6 is 0 Å². The summed E-state index contributed by atoms with van der Waals surface area (Å²) in [6.45, 7) is 4.34. The first kappa shape index (κ1) is 15.0. The van der Waals surface area contributed by atoms with Crippen LogP contribution in [0.4, 0.5) is 0 Å². The summed E-state index contributed by atoms with van der Waals surface area (Å²) >= 11 is 0. The molecule has 3 nitrogen and oxygen atoms in total. The molecular formula is C15H26O3S. The SMILES string of the molecule is CC(C)CCCC(=O)C1CC2CCCC(C1)S2(=O)=O.